The lowest BCUT2D eigenvalue weighted by Crippen LogP contribution is -2.43. The lowest BCUT2D eigenvalue weighted by atomic mass is 9.87. The Balaban J connectivity index is 0.000000143. The molecule has 1 aromatic carbocycles. The van der Waals surface area contributed by atoms with Gasteiger partial charge in [-0.3, -0.25) is 19.5 Å². The highest BCUT2D eigenvalue weighted by Crippen LogP contribution is 2.47. The van der Waals surface area contributed by atoms with E-state index in [9.17, 15) is 9.59 Å². The summed E-state index contributed by atoms with van der Waals surface area (Å²) >= 11 is 6.05. The Morgan fingerprint density at radius 2 is 1.35 bits per heavy atom. The zero-order chi connectivity index (χ0) is 37.1. The number of aryl methyl sites for hydroxylation is 2. The molecule has 5 aromatic rings. The second kappa shape index (κ2) is 12.3. The summed E-state index contributed by atoms with van der Waals surface area (Å²) < 4.78 is 20.4. The molecule has 3 fully saturated rings. The maximum Gasteiger partial charge on any atom is 0.253 e. The minimum Gasteiger partial charge on any atom is -0.379 e. The van der Waals surface area contributed by atoms with Gasteiger partial charge in [0.05, 0.1) is 41.4 Å². The number of nitrogens with zero attached hydrogens (tertiary/aromatic N) is 3. The molecule has 4 N–H and O–H groups in total. The molecular weight excluding hydrogens is 717 g/mol. The number of amides is 2. The molecule has 2 saturated carbocycles. The van der Waals surface area contributed by atoms with E-state index in [1.54, 1.807) is 6.07 Å². The molecule has 2 spiro atoms. The second-order valence-corrected chi connectivity index (χ2v) is 17.0. The van der Waals surface area contributed by atoms with Crippen LogP contribution in [0, 0.1) is 5.82 Å². The monoisotopic (exact) mass is 757 g/mol. The minimum atomic E-state index is -0.203. The Labute approximate surface area is 322 Å². The normalized spacial score (nSPS) is 20.5. The lowest BCUT2D eigenvalue weighted by Gasteiger charge is -2.26. The fourth-order valence-electron chi connectivity index (χ4n) is 9.56. The number of nitrogens with one attached hydrogen (secondary N) is 4. The molecule has 4 aliphatic carbocycles. The predicted octanol–water partition coefficient (Wildman–Crippen LogP) is 6.28. The molecule has 7 aliphatic rings. The average molecular weight is 758 g/mol. The van der Waals surface area contributed by atoms with Crippen LogP contribution in [0.5, 0.6) is 0 Å². The van der Waals surface area contributed by atoms with E-state index in [0.29, 0.717) is 30.5 Å². The minimum absolute atomic E-state index is 0.0236. The SMILES string of the molecule is O=C1NC2(CC2)Cc2[nH]c3c(c21)CCc1cnc(-c2ccc(CN4CCOCC4)c(F)c2)cc1-3.O=C1NC2(CC2)Cc2[nH]c3c(c21)CCc1cnc(Cl)cc1-3. The first-order valence-electron chi connectivity index (χ1n) is 19.6. The fraction of sp³-hybridized carbons (Fsp3) is 0.395. The predicted molar refractivity (Wildman–Crippen MR) is 206 cm³/mol. The van der Waals surface area contributed by atoms with Crippen LogP contribution in [0.25, 0.3) is 33.8 Å². The standard InChI is InChI=1S/C27H27FN4O2.C16H14ClN3O/c28-21-11-16(1-2-18(21)15-32-7-9-34-10-8-32)22-12-20-17(14-29-22)3-4-19-24-23(30-25(19)20)13-27(5-6-27)31-26(24)33;17-12-5-10-8(7-18-12)1-2-9-13-11(19-14(9)10)6-16(3-4-16)20-15(13)21/h1-2,11-12,14,30H,3-10,13,15H2,(H,31,33);5,7,19H,1-4,6H2,(H,20,21). The zero-order valence-electron chi connectivity index (χ0n) is 30.5. The van der Waals surface area contributed by atoms with E-state index in [-0.39, 0.29) is 28.7 Å². The second-order valence-electron chi connectivity index (χ2n) is 16.6. The van der Waals surface area contributed by atoms with Crippen LogP contribution in [0.4, 0.5) is 4.39 Å². The largest absolute Gasteiger partial charge is 0.379 e. The van der Waals surface area contributed by atoms with Crippen molar-refractivity contribution in [1.29, 1.82) is 0 Å². The number of ether oxygens (including phenoxy) is 1. The molecule has 280 valence electrons. The Kier molecular flexibility index (Phi) is 7.51. The molecule has 10 nitrogen and oxygen atoms in total. The van der Waals surface area contributed by atoms with Gasteiger partial charge in [-0.25, -0.2) is 9.37 Å². The number of carbonyl (C=O) groups excluding carboxylic acids is 2. The number of benzene rings is 1. The number of aromatic nitrogens is 4. The van der Waals surface area contributed by atoms with Gasteiger partial charge in [0, 0.05) is 89.6 Å². The van der Waals surface area contributed by atoms with Crippen LogP contribution in [-0.4, -0.2) is 74.0 Å². The molecular formula is C43H41ClFN7O3. The van der Waals surface area contributed by atoms with E-state index in [0.717, 1.165) is 145 Å². The average Bonchev–Trinajstić information content (AvgIpc) is 4.02. The number of hydrogen-bond acceptors (Lipinski definition) is 6. The van der Waals surface area contributed by atoms with Crippen molar-refractivity contribution >= 4 is 23.4 Å². The molecule has 12 heteroatoms. The van der Waals surface area contributed by atoms with Gasteiger partial charge in [-0.15, -0.1) is 0 Å². The van der Waals surface area contributed by atoms with Crippen molar-refractivity contribution in [3.05, 3.63) is 104 Å². The Bertz CT molecular complexity index is 2460. The maximum absolute atomic E-state index is 15.0. The Hall–Kier alpha value is -4.84. The van der Waals surface area contributed by atoms with Crippen LogP contribution < -0.4 is 10.6 Å². The van der Waals surface area contributed by atoms with Gasteiger partial charge in [0.2, 0.25) is 0 Å². The topological polar surface area (TPSA) is 128 Å². The highest BCUT2D eigenvalue weighted by Gasteiger charge is 2.50. The third-order valence-electron chi connectivity index (χ3n) is 12.9. The van der Waals surface area contributed by atoms with Crippen LogP contribution in [0.1, 0.15) is 85.6 Å². The highest BCUT2D eigenvalue weighted by molar-refractivity contribution is 6.29. The van der Waals surface area contributed by atoms with Gasteiger partial charge in [0.1, 0.15) is 11.0 Å². The number of morpholine rings is 1. The van der Waals surface area contributed by atoms with Gasteiger partial charge >= 0.3 is 0 Å². The smallest absolute Gasteiger partial charge is 0.253 e. The van der Waals surface area contributed by atoms with Crippen LogP contribution in [-0.2, 0) is 49.8 Å². The van der Waals surface area contributed by atoms with E-state index in [2.05, 4.69) is 41.5 Å². The molecule has 7 heterocycles. The number of halogens is 2. The number of H-pyrrole nitrogens is 2. The van der Waals surface area contributed by atoms with Gasteiger partial charge < -0.3 is 25.3 Å². The summed E-state index contributed by atoms with van der Waals surface area (Å²) in [5, 5.41) is 6.93. The first-order chi connectivity index (χ1) is 26.7. The van der Waals surface area contributed by atoms with Crippen molar-refractivity contribution in [2.24, 2.45) is 0 Å². The fourth-order valence-corrected chi connectivity index (χ4v) is 9.72. The van der Waals surface area contributed by atoms with Crippen molar-refractivity contribution in [2.45, 2.75) is 81.8 Å². The van der Waals surface area contributed by atoms with Gasteiger partial charge in [-0.1, -0.05) is 23.7 Å². The van der Waals surface area contributed by atoms with Crippen molar-refractivity contribution in [1.82, 2.24) is 35.5 Å². The van der Waals surface area contributed by atoms with Crippen LogP contribution in [0.2, 0.25) is 5.15 Å². The summed E-state index contributed by atoms with van der Waals surface area (Å²) in [6.07, 6.45) is 13.3. The molecule has 2 amide bonds. The van der Waals surface area contributed by atoms with Crippen molar-refractivity contribution in [2.75, 3.05) is 26.3 Å². The Morgan fingerprint density at radius 1 is 0.764 bits per heavy atom. The van der Waals surface area contributed by atoms with E-state index >= 15 is 4.39 Å². The summed E-state index contributed by atoms with van der Waals surface area (Å²) in [6, 6.07) is 9.39. The molecule has 3 aliphatic heterocycles. The number of pyridine rings is 2. The highest BCUT2D eigenvalue weighted by atomic mass is 35.5. The number of hydrogen-bond donors (Lipinski definition) is 4. The summed E-state index contributed by atoms with van der Waals surface area (Å²) in [5.41, 5.74) is 15.0. The van der Waals surface area contributed by atoms with Crippen LogP contribution in [0.15, 0.2) is 42.7 Å². The Morgan fingerprint density at radius 3 is 1.93 bits per heavy atom. The molecule has 0 radical (unpaired) electrons. The summed E-state index contributed by atoms with van der Waals surface area (Å²) in [7, 11) is 0. The number of aromatic amines is 2. The van der Waals surface area contributed by atoms with Crippen molar-refractivity contribution in [3.8, 4) is 33.8 Å². The summed E-state index contributed by atoms with van der Waals surface area (Å²) in [5.74, 6) is -0.0484. The molecule has 0 bridgehead atoms. The molecule has 0 atom stereocenters. The first-order valence-corrected chi connectivity index (χ1v) is 20.0. The molecule has 55 heavy (non-hydrogen) atoms. The van der Waals surface area contributed by atoms with E-state index in [1.807, 2.05) is 30.6 Å². The molecule has 12 rings (SSSR count). The lowest BCUT2D eigenvalue weighted by molar-refractivity contribution is 0.0337. The van der Waals surface area contributed by atoms with Gasteiger partial charge in [0.15, 0.2) is 0 Å². The summed E-state index contributed by atoms with van der Waals surface area (Å²) in [6.45, 7) is 3.65. The van der Waals surface area contributed by atoms with Crippen LogP contribution >= 0.6 is 11.6 Å². The summed E-state index contributed by atoms with van der Waals surface area (Å²) in [4.78, 5) is 43.5. The molecule has 1 saturated heterocycles. The third-order valence-corrected chi connectivity index (χ3v) is 13.1. The number of rotatable bonds is 3. The maximum atomic E-state index is 15.0. The third kappa shape index (κ3) is 5.73. The van der Waals surface area contributed by atoms with Crippen LogP contribution in [0.3, 0.4) is 0 Å². The van der Waals surface area contributed by atoms with Gasteiger partial charge in [-0.2, -0.15) is 0 Å². The van der Waals surface area contributed by atoms with E-state index in [1.165, 1.54) is 11.1 Å². The van der Waals surface area contributed by atoms with E-state index in [4.69, 9.17) is 16.3 Å². The zero-order valence-corrected chi connectivity index (χ0v) is 31.2. The molecule has 0 unspecified atom stereocenters. The number of fused-ring (bicyclic) bond motifs is 10. The van der Waals surface area contributed by atoms with Crippen molar-refractivity contribution < 1.29 is 18.7 Å². The van der Waals surface area contributed by atoms with Gasteiger partial charge in [-0.05, 0) is 91.8 Å². The van der Waals surface area contributed by atoms with E-state index < -0.39 is 0 Å². The molecule has 4 aromatic heterocycles. The van der Waals surface area contributed by atoms with Crippen molar-refractivity contribution in [3.63, 3.8) is 0 Å². The quantitative estimate of drug-likeness (QED) is 0.161. The van der Waals surface area contributed by atoms with Gasteiger partial charge in [0.25, 0.3) is 11.8 Å². The number of carbonyl (C=O) groups is 2. The first kappa shape index (κ1) is 33.5.